The molecule has 0 fully saturated rings. The van der Waals surface area contributed by atoms with Gasteiger partial charge in [0.2, 0.25) is 0 Å². The Morgan fingerprint density at radius 1 is 1.20 bits per heavy atom. The molecule has 0 rings (SSSR count). The van der Waals surface area contributed by atoms with E-state index in [2.05, 4.69) is 43.6 Å². The summed E-state index contributed by atoms with van der Waals surface area (Å²) in [5.41, 5.74) is 0.542. The molecule has 0 aliphatic rings. The predicted octanol–water partition coefficient (Wildman–Crippen LogP) is 3.84. The van der Waals surface area contributed by atoms with Gasteiger partial charge in [-0.15, -0.1) is 0 Å². The fraction of sp³-hybridized carbons (Fsp3) is 1.00. The van der Waals surface area contributed by atoms with Crippen LogP contribution in [-0.4, -0.2) is 5.33 Å². The molecule has 1 heteroatoms. The third kappa shape index (κ3) is 1.98. The van der Waals surface area contributed by atoms with Gasteiger partial charge in [-0.05, 0) is 24.2 Å². The highest BCUT2D eigenvalue weighted by Crippen LogP contribution is 2.36. The molecule has 10 heavy (non-hydrogen) atoms. The van der Waals surface area contributed by atoms with Crippen molar-refractivity contribution >= 4 is 15.9 Å². The molecular weight excluding hydrogens is 188 g/mol. The van der Waals surface area contributed by atoms with Crippen LogP contribution in [0.2, 0.25) is 0 Å². The van der Waals surface area contributed by atoms with E-state index in [9.17, 15) is 0 Å². The summed E-state index contributed by atoms with van der Waals surface area (Å²) in [6.45, 7) is 9.19. The van der Waals surface area contributed by atoms with Gasteiger partial charge < -0.3 is 0 Å². The van der Waals surface area contributed by atoms with Crippen LogP contribution in [0.25, 0.3) is 0 Å². The van der Waals surface area contributed by atoms with E-state index in [0.717, 1.165) is 11.2 Å². The Balaban J connectivity index is 4.15. The Morgan fingerprint density at radius 2 is 1.60 bits per heavy atom. The predicted molar refractivity (Wildman–Crippen MR) is 51.6 cm³/mol. The molecule has 62 valence electrons. The highest BCUT2D eigenvalue weighted by Gasteiger charge is 2.28. The summed E-state index contributed by atoms with van der Waals surface area (Å²) >= 11 is 3.59. The number of hydrogen-bond donors (Lipinski definition) is 0. The SMILES string of the molecule is CCC(CC)(CBr)C(C)C. The van der Waals surface area contributed by atoms with Crippen LogP contribution in [0.3, 0.4) is 0 Å². The van der Waals surface area contributed by atoms with Crippen molar-refractivity contribution in [3.05, 3.63) is 0 Å². The molecule has 0 bridgehead atoms. The average molecular weight is 207 g/mol. The largest absolute Gasteiger partial charge is 0.0922 e. The lowest BCUT2D eigenvalue weighted by molar-refractivity contribution is 0.209. The lowest BCUT2D eigenvalue weighted by atomic mass is 9.75. The first kappa shape index (κ1) is 10.5. The molecule has 0 heterocycles. The normalized spacial score (nSPS) is 12.6. The summed E-state index contributed by atoms with van der Waals surface area (Å²) in [6.07, 6.45) is 2.57. The van der Waals surface area contributed by atoms with Crippen molar-refractivity contribution in [2.45, 2.75) is 40.5 Å². The third-order valence-electron chi connectivity index (χ3n) is 2.90. The van der Waals surface area contributed by atoms with Gasteiger partial charge in [0, 0.05) is 5.33 Å². The fourth-order valence-electron chi connectivity index (χ4n) is 1.41. The van der Waals surface area contributed by atoms with Crippen molar-refractivity contribution in [3.8, 4) is 0 Å². The second-order valence-electron chi connectivity index (χ2n) is 3.36. The van der Waals surface area contributed by atoms with E-state index < -0.39 is 0 Å². The molecule has 0 amide bonds. The molecule has 0 aliphatic heterocycles. The van der Waals surface area contributed by atoms with Gasteiger partial charge >= 0.3 is 0 Å². The van der Waals surface area contributed by atoms with Gasteiger partial charge in [0.1, 0.15) is 0 Å². The molecule has 0 saturated carbocycles. The monoisotopic (exact) mass is 206 g/mol. The lowest BCUT2D eigenvalue weighted by Gasteiger charge is -2.33. The maximum absolute atomic E-state index is 3.59. The number of rotatable bonds is 4. The lowest BCUT2D eigenvalue weighted by Crippen LogP contribution is -2.27. The number of halogens is 1. The summed E-state index contributed by atoms with van der Waals surface area (Å²) in [6, 6.07) is 0. The minimum absolute atomic E-state index is 0.542. The summed E-state index contributed by atoms with van der Waals surface area (Å²) in [5.74, 6) is 0.793. The first-order valence-corrected chi connectivity index (χ1v) is 5.31. The van der Waals surface area contributed by atoms with Crippen LogP contribution in [0.1, 0.15) is 40.5 Å². The van der Waals surface area contributed by atoms with Crippen molar-refractivity contribution in [1.82, 2.24) is 0 Å². The first-order chi connectivity index (χ1) is 4.63. The summed E-state index contributed by atoms with van der Waals surface area (Å²) in [7, 11) is 0. The minimum Gasteiger partial charge on any atom is -0.0922 e. The van der Waals surface area contributed by atoms with Crippen LogP contribution >= 0.6 is 15.9 Å². The van der Waals surface area contributed by atoms with E-state index in [4.69, 9.17) is 0 Å². The molecule has 0 radical (unpaired) electrons. The molecule has 0 N–H and O–H groups in total. The zero-order valence-electron chi connectivity index (χ0n) is 7.58. The van der Waals surface area contributed by atoms with Crippen LogP contribution in [0.4, 0.5) is 0 Å². The Hall–Kier alpha value is 0.480. The van der Waals surface area contributed by atoms with Crippen molar-refractivity contribution in [2.24, 2.45) is 11.3 Å². The van der Waals surface area contributed by atoms with Crippen molar-refractivity contribution in [3.63, 3.8) is 0 Å². The van der Waals surface area contributed by atoms with E-state index in [1.807, 2.05) is 0 Å². The zero-order valence-corrected chi connectivity index (χ0v) is 9.16. The maximum Gasteiger partial charge on any atom is 0.00902 e. The van der Waals surface area contributed by atoms with E-state index in [0.29, 0.717) is 5.41 Å². The van der Waals surface area contributed by atoms with Gasteiger partial charge in [-0.2, -0.15) is 0 Å². The summed E-state index contributed by atoms with van der Waals surface area (Å²) in [4.78, 5) is 0. The van der Waals surface area contributed by atoms with E-state index >= 15 is 0 Å². The summed E-state index contributed by atoms with van der Waals surface area (Å²) < 4.78 is 0. The van der Waals surface area contributed by atoms with Crippen LogP contribution < -0.4 is 0 Å². The van der Waals surface area contributed by atoms with E-state index in [-0.39, 0.29) is 0 Å². The third-order valence-corrected chi connectivity index (χ3v) is 4.02. The summed E-state index contributed by atoms with van der Waals surface area (Å²) in [5, 5.41) is 1.14. The van der Waals surface area contributed by atoms with Crippen molar-refractivity contribution in [2.75, 3.05) is 5.33 Å². The zero-order chi connectivity index (χ0) is 8.20. The molecule has 0 unspecified atom stereocenters. The molecule has 0 saturated heterocycles. The van der Waals surface area contributed by atoms with Gasteiger partial charge in [-0.25, -0.2) is 0 Å². The molecule has 0 aromatic heterocycles. The Morgan fingerprint density at radius 3 is 1.60 bits per heavy atom. The Bertz CT molecular complexity index is 74.5. The second-order valence-corrected chi connectivity index (χ2v) is 3.92. The van der Waals surface area contributed by atoms with Crippen molar-refractivity contribution in [1.29, 1.82) is 0 Å². The molecule has 0 spiro atoms. The van der Waals surface area contributed by atoms with Gasteiger partial charge in [0.05, 0.1) is 0 Å². The molecule has 0 aromatic rings. The van der Waals surface area contributed by atoms with Gasteiger partial charge in [-0.1, -0.05) is 43.6 Å². The smallest absolute Gasteiger partial charge is 0.00902 e. The minimum atomic E-state index is 0.542. The Labute approximate surface area is 73.5 Å². The molecule has 0 nitrogen and oxygen atoms in total. The van der Waals surface area contributed by atoms with Gasteiger partial charge in [-0.3, -0.25) is 0 Å². The molecule has 0 aromatic carbocycles. The van der Waals surface area contributed by atoms with Crippen LogP contribution in [0.5, 0.6) is 0 Å². The number of alkyl halides is 1. The van der Waals surface area contributed by atoms with Crippen LogP contribution in [0, 0.1) is 11.3 Å². The van der Waals surface area contributed by atoms with Crippen LogP contribution in [0.15, 0.2) is 0 Å². The van der Waals surface area contributed by atoms with E-state index in [1.165, 1.54) is 12.8 Å². The van der Waals surface area contributed by atoms with Crippen molar-refractivity contribution < 1.29 is 0 Å². The van der Waals surface area contributed by atoms with Crippen LogP contribution in [-0.2, 0) is 0 Å². The standard InChI is InChI=1S/C9H19Br/c1-5-9(6-2,7-10)8(3)4/h8H,5-7H2,1-4H3. The average Bonchev–Trinajstić information content (AvgIpc) is 1.92. The second kappa shape index (κ2) is 4.38. The highest BCUT2D eigenvalue weighted by molar-refractivity contribution is 9.09. The first-order valence-electron chi connectivity index (χ1n) is 4.19. The van der Waals surface area contributed by atoms with Gasteiger partial charge in [0.25, 0.3) is 0 Å². The molecule has 0 atom stereocenters. The van der Waals surface area contributed by atoms with Gasteiger partial charge in [0.15, 0.2) is 0 Å². The Kier molecular flexibility index (Phi) is 4.59. The topological polar surface area (TPSA) is 0 Å². The van der Waals surface area contributed by atoms with E-state index in [1.54, 1.807) is 0 Å². The quantitative estimate of drug-likeness (QED) is 0.614. The molecular formula is C9H19Br. The maximum atomic E-state index is 3.59. The molecule has 0 aliphatic carbocycles. The fourth-order valence-corrected chi connectivity index (χ4v) is 2.85. The number of hydrogen-bond acceptors (Lipinski definition) is 0. The highest BCUT2D eigenvalue weighted by atomic mass is 79.9.